The summed E-state index contributed by atoms with van der Waals surface area (Å²) in [7, 11) is 4.63. The quantitative estimate of drug-likeness (QED) is 0.854. The number of aromatic carboxylic acids is 1. The molecule has 1 N–H and O–H groups in total. The minimum Gasteiger partial charge on any atom is -0.496 e. The fourth-order valence-corrected chi connectivity index (χ4v) is 2.23. The fraction of sp³-hybridized carbons (Fsp3) is 0.333. The van der Waals surface area contributed by atoms with Gasteiger partial charge in [0.15, 0.2) is 0 Å². The number of carboxylic acids is 1. The Balaban J connectivity index is 3.31. The SMILES string of the molecule is COc1ccc(C)c(SC(=O)N(C)C)c1C(=O)O. The van der Waals surface area contributed by atoms with Crippen LogP contribution in [-0.2, 0) is 0 Å². The van der Waals surface area contributed by atoms with E-state index in [-0.39, 0.29) is 16.6 Å². The molecule has 1 aromatic carbocycles. The zero-order chi connectivity index (χ0) is 13.9. The van der Waals surface area contributed by atoms with Gasteiger partial charge in [0.2, 0.25) is 0 Å². The van der Waals surface area contributed by atoms with Crippen molar-refractivity contribution >= 4 is 23.0 Å². The minimum atomic E-state index is -1.11. The molecule has 1 rings (SSSR count). The van der Waals surface area contributed by atoms with Gasteiger partial charge in [-0.2, -0.15) is 0 Å². The Morgan fingerprint density at radius 2 is 1.94 bits per heavy atom. The fourth-order valence-electron chi connectivity index (χ4n) is 1.35. The molecule has 98 valence electrons. The molecule has 6 heteroatoms. The van der Waals surface area contributed by atoms with Crippen LogP contribution in [0.3, 0.4) is 0 Å². The third kappa shape index (κ3) is 2.95. The zero-order valence-electron chi connectivity index (χ0n) is 10.7. The van der Waals surface area contributed by atoms with Gasteiger partial charge in [0, 0.05) is 19.0 Å². The maximum absolute atomic E-state index is 11.7. The van der Waals surface area contributed by atoms with Crippen LogP contribution < -0.4 is 4.74 Å². The van der Waals surface area contributed by atoms with Crippen molar-refractivity contribution in [2.75, 3.05) is 21.2 Å². The largest absolute Gasteiger partial charge is 0.496 e. The van der Waals surface area contributed by atoms with Crippen LogP contribution in [0.15, 0.2) is 17.0 Å². The van der Waals surface area contributed by atoms with Gasteiger partial charge in [-0.3, -0.25) is 4.79 Å². The van der Waals surface area contributed by atoms with Crippen molar-refractivity contribution in [1.29, 1.82) is 0 Å². The molecule has 0 saturated heterocycles. The number of hydrogen-bond acceptors (Lipinski definition) is 4. The second kappa shape index (κ2) is 5.77. The predicted molar refractivity (Wildman–Crippen MR) is 69.6 cm³/mol. The molecule has 0 aliphatic heterocycles. The molecule has 0 heterocycles. The number of aryl methyl sites for hydroxylation is 1. The van der Waals surface area contributed by atoms with Crippen molar-refractivity contribution in [3.05, 3.63) is 23.3 Å². The second-order valence-electron chi connectivity index (χ2n) is 3.86. The van der Waals surface area contributed by atoms with Crippen molar-refractivity contribution < 1.29 is 19.4 Å². The van der Waals surface area contributed by atoms with E-state index in [4.69, 9.17) is 4.74 Å². The summed E-state index contributed by atoms with van der Waals surface area (Å²) < 4.78 is 5.03. The average molecular weight is 269 g/mol. The lowest BCUT2D eigenvalue weighted by Crippen LogP contribution is -2.17. The van der Waals surface area contributed by atoms with E-state index in [1.54, 1.807) is 33.2 Å². The number of thioether (sulfide) groups is 1. The van der Waals surface area contributed by atoms with Gasteiger partial charge in [-0.25, -0.2) is 4.79 Å². The van der Waals surface area contributed by atoms with Crippen LogP contribution in [0.4, 0.5) is 4.79 Å². The maximum Gasteiger partial charge on any atom is 0.340 e. The summed E-state index contributed by atoms with van der Waals surface area (Å²) in [5.74, 6) is -0.855. The highest BCUT2D eigenvalue weighted by Gasteiger charge is 2.21. The second-order valence-corrected chi connectivity index (χ2v) is 4.82. The molecule has 0 aliphatic rings. The standard InChI is InChI=1S/C12H15NO4S/c1-7-5-6-8(17-4)9(11(14)15)10(7)18-12(16)13(2)3/h5-6H,1-4H3,(H,14,15). The number of carbonyl (C=O) groups is 2. The van der Waals surface area contributed by atoms with Crippen LogP contribution >= 0.6 is 11.8 Å². The normalized spacial score (nSPS) is 10.0. The van der Waals surface area contributed by atoms with E-state index in [1.807, 2.05) is 0 Å². The summed E-state index contributed by atoms with van der Waals surface area (Å²) in [5.41, 5.74) is 0.756. The van der Waals surface area contributed by atoms with E-state index >= 15 is 0 Å². The van der Waals surface area contributed by atoms with E-state index in [2.05, 4.69) is 0 Å². The third-order valence-electron chi connectivity index (χ3n) is 2.30. The molecule has 5 nitrogen and oxygen atoms in total. The topological polar surface area (TPSA) is 66.8 Å². The molecule has 0 fully saturated rings. The first kappa shape index (κ1) is 14.4. The Kier molecular flexibility index (Phi) is 4.61. The highest BCUT2D eigenvalue weighted by atomic mass is 32.2. The maximum atomic E-state index is 11.7. The average Bonchev–Trinajstić information content (AvgIpc) is 2.30. The molecule has 0 spiro atoms. The number of nitrogens with zero attached hydrogens (tertiary/aromatic N) is 1. The van der Waals surface area contributed by atoms with Crippen molar-refractivity contribution in [1.82, 2.24) is 4.90 Å². The molecule has 18 heavy (non-hydrogen) atoms. The van der Waals surface area contributed by atoms with Crippen LogP contribution in [0.5, 0.6) is 5.75 Å². The summed E-state index contributed by atoms with van der Waals surface area (Å²) in [6.45, 7) is 1.76. The van der Waals surface area contributed by atoms with Gasteiger partial charge >= 0.3 is 5.97 Å². The number of carboxylic acid groups (broad SMARTS) is 1. The molecule has 0 aromatic heterocycles. The van der Waals surface area contributed by atoms with Gasteiger partial charge in [-0.05, 0) is 30.3 Å². The smallest absolute Gasteiger partial charge is 0.340 e. The van der Waals surface area contributed by atoms with Crippen LogP contribution in [0.25, 0.3) is 0 Å². The first-order chi connectivity index (χ1) is 8.38. The van der Waals surface area contributed by atoms with Crippen molar-refractivity contribution in [3.8, 4) is 5.75 Å². The van der Waals surface area contributed by atoms with Gasteiger partial charge in [0.05, 0.1) is 7.11 Å². The van der Waals surface area contributed by atoms with E-state index in [9.17, 15) is 14.7 Å². The molecule has 0 radical (unpaired) electrons. The van der Waals surface area contributed by atoms with Gasteiger partial charge in [0.1, 0.15) is 11.3 Å². The van der Waals surface area contributed by atoms with Crippen LogP contribution in [0, 0.1) is 6.92 Å². The zero-order valence-corrected chi connectivity index (χ0v) is 11.5. The van der Waals surface area contributed by atoms with Gasteiger partial charge < -0.3 is 14.7 Å². The number of hydrogen-bond donors (Lipinski definition) is 1. The highest BCUT2D eigenvalue weighted by molar-refractivity contribution is 8.13. The van der Waals surface area contributed by atoms with E-state index in [0.717, 1.165) is 17.3 Å². The summed E-state index contributed by atoms with van der Waals surface area (Å²) in [6.07, 6.45) is 0. The first-order valence-corrected chi connectivity index (χ1v) is 6.00. The van der Waals surface area contributed by atoms with Gasteiger partial charge in [0.25, 0.3) is 5.24 Å². The molecule has 0 saturated carbocycles. The molecular formula is C12H15NO4S. The highest BCUT2D eigenvalue weighted by Crippen LogP contribution is 2.34. The molecular weight excluding hydrogens is 254 g/mol. The number of amides is 1. The number of methoxy groups -OCH3 is 1. The van der Waals surface area contributed by atoms with Crippen molar-refractivity contribution in [3.63, 3.8) is 0 Å². The first-order valence-electron chi connectivity index (χ1n) is 5.18. The van der Waals surface area contributed by atoms with Crippen LogP contribution in [0.2, 0.25) is 0 Å². The summed E-state index contributed by atoms with van der Waals surface area (Å²) in [6, 6.07) is 3.32. The summed E-state index contributed by atoms with van der Waals surface area (Å²) >= 11 is 0.889. The van der Waals surface area contributed by atoms with E-state index < -0.39 is 5.97 Å². The van der Waals surface area contributed by atoms with E-state index in [0.29, 0.717) is 4.90 Å². The predicted octanol–water partition coefficient (Wildman–Crippen LogP) is 2.48. The number of carbonyl (C=O) groups excluding carboxylic acids is 1. The summed E-state index contributed by atoms with van der Waals surface area (Å²) in [4.78, 5) is 24.8. The van der Waals surface area contributed by atoms with E-state index in [1.165, 1.54) is 12.0 Å². The van der Waals surface area contributed by atoms with Gasteiger partial charge in [-0.1, -0.05) is 6.07 Å². The lowest BCUT2D eigenvalue weighted by atomic mass is 10.1. The lowest BCUT2D eigenvalue weighted by molar-refractivity contribution is 0.0689. The Morgan fingerprint density at radius 1 is 1.33 bits per heavy atom. The summed E-state index contributed by atoms with van der Waals surface area (Å²) in [5, 5.41) is 9.01. The third-order valence-corrected chi connectivity index (χ3v) is 3.57. The Hall–Kier alpha value is -1.69. The number of benzene rings is 1. The number of ether oxygens (including phenoxy) is 1. The van der Waals surface area contributed by atoms with Crippen molar-refractivity contribution in [2.24, 2.45) is 0 Å². The molecule has 0 bridgehead atoms. The molecule has 0 aliphatic carbocycles. The van der Waals surface area contributed by atoms with Gasteiger partial charge in [-0.15, -0.1) is 0 Å². The molecule has 0 unspecified atom stereocenters. The minimum absolute atomic E-state index is 0.0256. The Labute approximate surface area is 110 Å². The molecule has 0 atom stereocenters. The van der Waals surface area contributed by atoms with Crippen molar-refractivity contribution in [2.45, 2.75) is 11.8 Å². The monoisotopic (exact) mass is 269 g/mol. The Morgan fingerprint density at radius 3 is 2.39 bits per heavy atom. The lowest BCUT2D eigenvalue weighted by Gasteiger charge is -2.14. The molecule has 1 amide bonds. The Bertz CT molecular complexity index is 485. The van der Waals surface area contributed by atoms with Crippen LogP contribution in [0.1, 0.15) is 15.9 Å². The van der Waals surface area contributed by atoms with Crippen LogP contribution in [-0.4, -0.2) is 42.4 Å². The molecule has 1 aromatic rings. The number of rotatable bonds is 3.